The molecule has 108 valence electrons. The third-order valence-electron chi connectivity index (χ3n) is 4.04. The molecule has 1 aliphatic carbocycles. The van der Waals surface area contributed by atoms with Crippen molar-refractivity contribution in [3.05, 3.63) is 21.3 Å². The van der Waals surface area contributed by atoms with Crippen molar-refractivity contribution < 1.29 is 0 Å². The van der Waals surface area contributed by atoms with Crippen molar-refractivity contribution in [2.75, 3.05) is 19.6 Å². The second-order valence-electron chi connectivity index (χ2n) is 5.59. The predicted octanol–water partition coefficient (Wildman–Crippen LogP) is 3.79. The predicted molar refractivity (Wildman–Crippen MR) is 85.6 cm³/mol. The lowest BCUT2D eigenvalue weighted by Gasteiger charge is -2.32. The summed E-state index contributed by atoms with van der Waals surface area (Å²) < 4.78 is 0. The van der Waals surface area contributed by atoms with Crippen LogP contribution in [-0.4, -0.2) is 30.6 Å². The molecule has 1 saturated heterocycles. The van der Waals surface area contributed by atoms with Crippen LogP contribution in [-0.2, 0) is 6.54 Å². The van der Waals surface area contributed by atoms with Crippen LogP contribution in [0.5, 0.6) is 0 Å². The van der Waals surface area contributed by atoms with E-state index in [1.807, 2.05) is 6.07 Å². The van der Waals surface area contributed by atoms with Gasteiger partial charge < -0.3 is 5.32 Å². The van der Waals surface area contributed by atoms with Crippen LogP contribution in [0.15, 0.2) is 11.4 Å². The van der Waals surface area contributed by atoms with Gasteiger partial charge >= 0.3 is 0 Å². The largest absolute Gasteiger partial charge is 0.314 e. The van der Waals surface area contributed by atoms with Gasteiger partial charge in [-0.25, -0.2) is 0 Å². The Balaban J connectivity index is 0.00000133. The standard InChI is InChI=1S/C14H21ClN2S.ClH/c15-13-5-8-18-14(13)10-17-6-3-12(4-7-17)16-9-11-1-2-11;/h5,8,11-12,16H,1-4,6-7,9-10H2;1H. The fourth-order valence-electron chi connectivity index (χ4n) is 2.59. The highest BCUT2D eigenvalue weighted by Crippen LogP contribution is 2.28. The monoisotopic (exact) mass is 320 g/mol. The first kappa shape index (κ1) is 15.6. The molecule has 0 unspecified atom stereocenters. The molecular formula is C14H22Cl2N2S. The fraction of sp³-hybridized carbons (Fsp3) is 0.714. The topological polar surface area (TPSA) is 15.3 Å². The minimum absolute atomic E-state index is 0. The lowest BCUT2D eigenvalue weighted by atomic mass is 10.0. The Morgan fingerprint density at radius 2 is 2.00 bits per heavy atom. The number of likely N-dealkylation sites (tertiary alicyclic amines) is 1. The molecule has 1 aromatic rings. The summed E-state index contributed by atoms with van der Waals surface area (Å²) in [6.45, 7) is 4.69. The van der Waals surface area contributed by atoms with E-state index in [-0.39, 0.29) is 12.4 Å². The van der Waals surface area contributed by atoms with Crippen molar-refractivity contribution in [2.24, 2.45) is 5.92 Å². The Morgan fingerprint density at radius 3 is 2.58 bits per heavy atom. The lowest BCUT2D eigenvalue weighted by Crippen LogP contribution is -2.42. The number of halogens is 2. The van der Waals surface area contributed by atoms with Crippen molar-refractivity contribution in [1.82, 2.24) is 10.2 Å². The van der Waals surface area contributed by atoms with Gasteiger partial charge in [-0.1, -0.05) is 11.6 Å². The van der Waals surface area contributed by atoms with Crippen LogP contribution in [0.4, 0.5) is 0 Å². The van der Waals surface area contributed by atoms with Crippen LogP contribution < -0.4 is 5.32 Å². The van der Waals surface area contributed by atoms with Gasteiger partial charge in [-0.2, -0.15) is 0 Å². The number of hydrogen-bond donors (Lipinski definition) is 1. The van der Waals surface area contributed by atoms with Crippen molar-refractivity contribution in [3.8, 4) is 0 Å². The van der Waals surface area contributed by atoms with Crippen LogP contribution in [0.3, 0.4) is 0 Å². The summed E-state index contributed by atoms with van der Waals surface area (Å²) in [7, 11) is 0. The number of piperidine rings is 1. The molecule has 0 atom stereocenters. The van der Waals surface area contributed by atoms with E-state index in [2.05, 4.69) is 15.6 Å². The highest BCUT2D eigenvalue weighted by molar-refractivity contribution is 7.10. The zero-order chi connectivity index (χ0) is 12.4. The molecule has 1 N–H and O–H groups in total. The summed E-state index contributed by atoms with van der Waals surface area (Å²) in [6, 6.07) is 2.76. The smallest absolute Gasteiger partial charge is 0.0558 e. The molecule has 0 radical (unpaired) electrons. The van der Waals surface area contributed by atoms with E-state index in [9.17, 15) is 0 Å². The van der Waals surface area contributed by atoms with E-state index in [0.717, 1.165) is 23.5 Å². The maximum atomic E-state index is 6.15. The van der Waals surface area contributed by atoms with Gasteiger partial charge in [0.05, 0.1) is 5.02 Å². The Kier molecular flexibility index (Phi) is 5.97. The number of thiophene rings is 1. The Morgan fingerprint density at radius 1 is 1.26 bits per heavy atom. The number of nitrogens with one attached hydrogen (secondary N) is 1. The van der Waals surface area contributed by atoms with Crippen molar-refractivity contribution in [2.45, 2.75) is 38.3 Å². The molecule has 0 amide bonds. The third-order valence-corrected chi connectivity index (χ3v) is 5.41. The molecule has 2 nitrogen and oxygen atoms in total. The second kappa shape index (κ2) is 7.28. The van der Waals surface area contributed by atoms with Gasteiger partial charge in [0.25, 0.3) is 0 Å². The molecule has 0 aromatic carbocycles. The SMILES string of the molecule is Cl.Clc1ccsc1CN1CCC(NCC2CC2)CC1. The molecule has 0 spiro atoms. The zero-order valence-electron chi connectivity index (χ0n) is 11.1. The molecule has 2 aliphatic rings. The van der Waals surface area contributed by atoms with E-state index < -0.39 is 0 Å². The van der Waals surface area contributed by atoms with Gasteiger partial charge in [0, 0.05) is 17.5 Å². The molecule has 2 heterocycles. The molecule has 5 heteroatoms. The zero-order valence-corrected chi connectivity index (χ0v) is 13.5. The van der Waals surface area contributed by atoms with Crippen molar-refractivity contribution in [3.63, 3.8) is 0 Å². The van der Waals surface area contributed by atoms with Crippen LogP contribution in [0.2, 0.25) is 5.02 Å². The van der Waals surface area contributed by atoms with Crippen molar-refractivity contribution >= 4 is 35.3 Å². The number of rotatable bonds is 5. The molecule has 19 heavy (non-hydrogen) atoms. The first-order valence-corrected chi connectivity index (χ1v) is 8.24. The maximum absolute atomic E-state index is 6.15. The third kappa shape index (κ3) is 4.61. The lowest BCUT2D eigenvalue weighted by molar-refractivity contribution is 0.191. The van der Waals surface area contributed by atoms with E-state index in [1.165, 1.54) is 50.2 Å². The van der Waals surface area contributed by atoms with E-state index in [1.54, 1.807) is 11.3 Å². The summed E-state index contributed by atoms with van der Waals surface area (Å²) in [5.74, 6) is 0.993. The van der Waals surface area contributed by atoms with Gasteiger partial charge in [0.1, 0.15) is 0 Å². The molecule has 1 saturated carbocycles. The Bertz CT molecular complexity index is 385. The average Bonchev–Trinajstić information content (AvgIpc) is 3.13. The summed E-state index contributed by atoms with van der Waals surface area (Å²) in [5.41, 5.74) is 0. The molecule has 1 aliphatic heterocycles. The average molecular weight is 321 g/mol. The summed E-state index contributed by atoms with van der Waals surface area (Å²) >= 11 is 7.93. The Labute approximate surface area is 130 Å². The first-order valence-electron chi connectivity index (χ1n) is 6.99. The summed E-state index contributed by atoms with van der Waals surface area (Å²) in [4.78, 5) is 3.86. The minimum Gasteiger partial charge on any atom is -0.314 e. The molecular weight excluding hydrogens is 299 g/mol. The summed E-state index contributed by atoms with van der Waals surface area (Å²) in [6.07, 6.45) is 5.47. The van der Waals surface area contributed by atoms with Gasteiger partial charge in [-0.05, 0) is 62.7 Å². The second-order valence-corrected chi connectivity index (χ2v) is 7.00. The van der Waals surface area contributed by atoms with Crippen LogP contribution in [0, 0.1) is 5.92 Å². The van der Waals surface area contributed by atoms with Gasteiger partial charge in [0.2, 0.25) is 0 Å². The molecule has 1 aromatic heterocycles. The highest BCUT2D eigenvalue weighted by Gasteiger charge is 2.24. The Hall–Kier alpha value is 0.200. The van der Waals surface area contributed by atoms with Crippen LogP contribution in [0.25, 0.3) is 0 Å². The van der Waals surface area contributed by atoms with Crippen LogP contribution >= 0.6 is 35.3 Å². The highest BCUT2D eigenvalue weighted by atomic mass is 35.5. The quantitative estimate of drug-likeness (QED) is 0.888. The van der Waals surface area contributed by atoms with Gasteiger partial charge in [-0.3, -0.25) is 4.90 Å². The normalized spacial score (nSPS) is 21.3. The van der Waals surface area contributed by atoms with E-state index in [4.69, 9.17) is 11.6 Å². The molecule has 0 bridgehead atoms. The number of hydrogen-bond acceptors (Lipinski definition) is 3. The molecule has 2 fully saturated rings. The van der Waals surface area contributed by atoms with Crippen LogP contribution in [0.1, 0.15) is 30.6 Å². The van der Waals surface area contributed by atoms with E-state index >= 15 is 0 Å². The maximum Gasteiger partial charge on any atom is 0.0558 e. The minimum atomic E-state index is 0. The van der Waals surface area contributed by atoms with Gasteiger partial charge in [0.15, 0.2) is 0 Å². The molecule has 3 rings (SSSR count). The fourth-order valence-corrected chi connectivity index (χ4v) is 3.73. The summed E-state index contributed by atoms with van der Waals surface area (Å²) in [5, 5.41) is 6.75. The first-order chi connectivity index (χ1) is 8.81. The number of nitrogens with zero attached hydrogens (tertiary/aromatic N) is 1. The van der Waals surface area contributed by atoms with E-state index in [0.29, 0.717) is 0 Å². The van der Waals surface area contributed by atoms with Gasteiger partial charge in [-0.15, -0.1) is 23.7 Å². The van der Waals surface area contributed by atoms with Crippen molar-refractivity contribution in [1.29, 1.82) is 0 Å².